The minimum Gasteiger partial charge on any atom is -0.459 e. The van der Waals surface area contributed by atoms with Gasteiger partial charge < -0.3 is 13.4 Å². The fraction of sp³-hybridized carbons (Fsp3) is 0.188. The number of oxazole rings is 1. The largest absolute Gasteiger partial charge is 0.459 e. The van der Waals surface area contributed by atoms with E-state index in [2.05, 4.69) is 10.1 Å². The van der Waals surface area contributed by atoms with Gasteiger partial charge >= 0.3 is 5.76 Å². The van der Waals surface area contributed by atoms with Gasteiger partial charge in [0.15, 0.2) is 11.3 Å². The normalized spacial score (nSPS) is 11.6. The topological polar surface area (TPSA) is 87.2 Å². The van der Waals surface area contributed by atoms with E-state index in [4.69, 9.17) is 13.4 Å². The van der Waals surface area contributed by atoms with Crippen LogP contribution >= 0.6 is 0 Å². The number of benzene rings is 1. The SMILES string of the molecule is CC(C)n1c(=O)oc2cc(-c3noc(-c4ccco4)n3)ccc21. The lowest BCUT2D eigenvalue weighted by atomic mass is 10.2. The Kier molecular flexibility index (Phi) is 2.94. The Labute approximate surface area is 130 Å². The third-order valence-corrected chi connectivity index (χ3v) is 3.55. The maximum atomic E-state index is 11.9. The van der Waals surface area contributed by atoms with Crippen molar-refractivity contribution in [1.82, 2.24) is 14.7 Å². The van der Waals surface area contributed by atoms with Gasteiger partial charge in [0.2, 0.25) is 5.82 Å². The molecule has 4 aromatic rings. The van der Waals surface area contributed by atoms with Crippen molar-refractivity contribution in [2.45, 2.75) is 19.9 Å². The highest BCUT2D eigenvalue weighted by atomic mass is 16.5. The highest BCUT2D eigenvalue weighted by Gasteiger charge is 2.16. The Balaban J connectivity index is 1.80. The first-order chi connectivity index (χ1) is 11.1. The molecule has 0 radical (unpaired) electrons. The van der Waals surface area contributed by atoms with E-state index < -0.39 is 0 Å². The second-order valence-corrected chi connectivity index (χ2v) is 5.41. The summed E-state index contributed by atoms with van der Waals surface area (Å²) in [6, 6.07) is 8.87. The fourth-order valence-corrected chi connectivity index (χ4v) is 2.51. The van der Waals surface area contributed by atoms with Crippen molar-refractivity contribution in [2.24, 2.45) is 0 Å². The van der Waals surface area contributed by atoms with Gasteiger partial charge in [-0.1, -0.05) is 5.16 Å². The van der Waals surface area contributed by atoms with Crippen molar-refractivity contribution in [2.75, 3.05) is 0 Å². The molecule has 0 aliphatic carbocycles. The lowest BCUT2D eigenvalue weighted by molar-refractivity contribution is 0.417. The molecule has 1 aromatic carbocycles. The van der Waals surface area contributed by atoms with Crippen LogP contribution in [0.5, 0.6) is 0 Å². The maximum absolute atomic E-state index is 11.9. The zero-order valence-electron chi connectivity index (χ0n) is 12.5. The van der Waals surface area contributed by atoms with E-state index in [1.165, 1.54) is 6.26 Å². The van der Waals surface area contributed by atoms with Crippen LogP contribution in [0, 0.1) is 0 Å². The molecule has 0 saturated carbocycles. The van der Waals surface area contributed by atoms with Gasteiger partial charge in [-0.2, -0.15) is 4.98 Å². The minimum absolute atomic E-state index is 0.0188. The van der Waals surface area contributed by atoms with Gasteiger partial charge in [-0.05, 0) is 44.2 Å². The van der Waals surface area contributed by atoms with Gasteiger partial charge in [0.1, 0.15) is 0 Å². The molecule has 0 unspecified atom stereocenters. The summed E-state index contributed by atoms with van der Waals surface area (Å²) in [5.41, 5.74) is 1.93. The Morgan fingerprint density at radius 2 is 2.09 bits per heavy atom. The van der Waals surface area contributed by atoms with E-state index in [9.17, 15) is 4.79 Å². The van der Waals surface area contributed by atoms with Crippen LogP contribution in [0.15, 0.2) is 54.7 Å². The first kappa shape index (κ1) is 13.6. The predicted molar refractivity (Wildman–Crippen MR) is 81.9 cm³/mol. The Morgan fingerprint density at radius 1 is 1.22 bits per heavy atom. The van der Waals surface area contributed by atoms with Crippen LogP contribution in [0.25, 0.3) is 34.1 Å². The van der Waals surface area contributed by atoms with Crippen LogP contribution in [0.4, 0.5) is 0 Å². The van der Waals surface area contributed by atoms with Crippen LogP contribution in [-0.4, -0.2) is 14.7 Å². The predicted octanol–water partition coefficient (Wildman–Crippen LogP) is 3.49. The molecule has 0 N–H and O–H groups in total. The number of hydrogen-bond donors (Lipinski definition) is 0. The molecular formula is C16H13N3O4. The number of furan rings is 1. The third-order valence-electron chi connectivity index (χ3n) is 3.55. The number of hydrogen-bond acceptors (Lipinski definition) is 6. The summed E-state index contributed by atoms with van der Waals surface area (Å²) < 4.78 is 17.3. The first-order valence-electron chi connectivity index (χ1n) is 7.16. The summed E-state index contributed by atoms with van der Waals surface area (Å²) in [4.78, 5) is 16.2. The molecule has 116 valence electrons. The second kappa shape index (κ2) is 4.98. The average Bonchev–Trinajstić information content (AvgIpc) is 3.24. The molecule has 0 atom stereocenters. The van der Waals surface area contributed by atoms with Crippen LogP contribution < -0.4 is 5.76 Å². The zero-order chi connectivity index (χ0) is 16.0. The Hall–Kier alpha value is -3.09. The smallest absolute Gasteiger partial charge is 0.420 e. The molecule has 0 fully saturated rings. The molecule has 0 saturated heterocycles. The zero-order valence-corrected chi connectivity index (χ0v) is 12.5. The molecule has 0 spiro atoms. The summed E-state index contributed by atoms with van der Waals surface area (Å²) in [6.07, 6.45) is 1.54. The monoisotopic (exact) mass is 311 g/mol. The van der Waals surface area contributed by atoms with Gasteiger partial charge in [0.25, 0.3) is 5.89 Å². The highest BCUT2D eigenvalue weighted by molar-refractivity contribution is 5.79. The van der Waals surface area contributed by atoms with Crippen molar-refractivity contribution in [3.8, 4) is 23.0 Å². The number of aromatic nitrogens is 3. The van der Waals surface area contributed by atoms with E-state index in [0.717, 1.165) is 5.52 Å². The maximum Gasteiger partial charge on any atom is 0.420 e. The summed E-state index contributed by atoms with van der Waals surface area (Å²) in [5.74, 6) is 0.823. The Bertz CT molecular complexity index is 1020. The molecule has 7 heteroatoms. The summed E-state index contributed by atoms with van der Waals surface area (Å²) in [5, 5.41) is 3.94. The third kappa shape index (κ3) is 2.17. The molecule has 0 aliphatic heterocycles. The van der Waals surface area contributed by atoms with Gasteiger partial charge in [-0.25, -0.2) is 4.79 Å². The molecule has 0 aliphatic rings. The number of nitrogens with zero attached hydrogens (tertiary/aromatic N) is 3. The molecule has 0 bridgehead atoms. The van der Waals surface area contributed by atoms with Crippen LogP contribution in [-0.2, 0) is 0 Å². The van der Waals surface area contributed by atoms with E-state index in [0.29, 0.717) is 28.6 Å². The van der Waals surface area contributed by atoms with Crippen molar-refractivity contribution >= 4 is 11.1 Å². The second-order valence-electron chi connectivity index (χ2n) is 5.41. The first-order valence-corrected chi connectivity index (χ1v) is 7.16. The molecule has 3 heterocycles. The van der Waals surface area contributed by atoms with Crippen molar-refractivity contribution in [3.05, 3.63) is 47.1 Å². The lowest BCUT2D eigenvalue weighted by Crippen LogP contribution is -2.15. The summed E-state index contributed by atoms with van der Waals surface area (Å²) >= 11 is 0. The van der Waals surface area contributed by atoms with E-state index in [1.807, 2.05) is 26.0 Å². The van der Waals surface area contributed by atoms with Crippen LogP contribution in [0.2, 0.25) is 0 Å². The Morgan fingerprint density at radius 3 is 2.83 bits per heavy atom. The van der Waals surface area contributed by atoms with Gasteiger partial charge in [0, 0.05) is 11.6 Å². The van der Waals surface area contributed by atoms with Crippen LogP contribution in [0.3, 0.4) is 0 Å². The van der Waals surface area contributed by atoms with Crippen molar-refractivity contribution < 1.29 is 13.4 Å². The molecule has 3 aromatic heterocycles. The number of fused-ring (bicyclic) bond motifs is 1. The standard InChI is InChI=1S/C16H13N3O4/c1-9(2)19-11-6-5-10(8-13(11)22-16(19)20)14-17-15(23-18-14)12-4-3-7-21-12/h3-9H,1-2H3. The van der Waals surface area contributed by atoms with E-state index >= 15 is 0 Å². The molecule has 0 amide bonds. The quantitative estimate of drug-likeness (QED) is 0.575. The molecular weight excluding hydrogens is 298 g/mol. The molecule has 23 heavy (non-hydrogen) atoms. The van der Waals surface area contributed by atoms with Crippen LogP contribution in [0.1, 0.15) is 19.9 Å². The van der Waals surface area contributed by atoms with Crippen molar-refractivity contribution in [3.63, 3.8) is 0 Å². The van der Waals surface area contributed by atoms with E-state index in [-0.39, 0.29) is 11.8 Å². The molecule has 4 rings (SSSR count). The average molecular weight is 311 g/mol. The van der Waals surface area contributed by atoms with E-state index in [1.54, 1.807) is 22.8 Å². The highest BCUT2D eigenvalue weighted by Crippen LogP contribution is 2.26. The fourth-order valence-electron chi connectivity index (χ4n) is 2.51. The summed E-state index contributed by atoms with van der Waals surface area (Å²) in [6.45, 7) is 3.86. The molecule has 7 nitrogen and oxygen atoms in total. The summed E-state index contributed by atoms with van der Waals surface area (Å²) in [7, 11) is 0. The minimum atomic E-state index is -0.378. The van der Waals surface area contributed by atoms with Gasteiger partial charge in [-0.3, -0.25) is 4.57 Å². The van der Waals surface area contributed by atoms with Gasteiger partial charge in [0.05, 0.1) is 11.8 Å². The van der Waals surface area contributed by atoms with Crippen molar-refractivity contribution in [1.29, 1.82) is 0 Å². The lowest BCUT2D eigenvalue weighted by Gasteiger charge is -2.04. The number of rotatable bonds is 3. The van der Waals surface area contributed by atoms with Gasteiger partial charge in [-0.15, -0.1) is 0 Å².